The Morgan fingerprint density at radius 2 is 2.21 bits per heavy atom. The van der Waals surface area contributed by atoms with Crippen molar-refractivity contribution in [3.05, 3.63) is 41.7 Å². The van der Waals surface area contributed by atoms with Gasteiger partial charge in [-0.15, -0.1) is 10.2 Å². The molecule has 0 radical (unpaired) electrons. The highest BCUT2D eigenvalue weighted by Crippen LogP contribution is 2.17. The number of benzene rings is 1. The Morgan fingerprint density at radius 1 is 1.38 bits per heavy atom. The van der Waals surface area contributed by atoms with Gasteiger partial charge < -0.3 is 19.9 Å². The largest absolute Gasteiger partial charge is 0.494 e. The number of aliphatic imine (C=N–C) groups is 1. The quantitative estimate of drug-likeness (QED) is 0.590. The number of guanidine groups is 1. The molecule has 8 heteroatoms. The molecule has 0 aliphatic heterocycles. The predicted molar refractivity (Wildman–Crippen MR) is 90.6 cm³/mol. The molecule has 1 aromatic heterocycles. The van der Waals surface area contributed by atoms with E-state index in [1.54, 1.807) is 19.4 Å². The van der Waals surface area contributed by atoms with E-state index >= 15 is 0 Å². The van der Waals surface area contributed by atoms with Crippen LogP contribution in [0.3, 0.4) is 0 Å². The summed E-state index contributed by atoms with van der Waals surface area (Å²) in [7, 11) is 3.14. The molecule has 2 rings (SSSR count). The lowest BCUT2D eigenvalue weighted by Gasteiger charge is -2.13. The number of hydrogen-bond donors (Lipinski definition) is 2. The van der Waals surface area contributed by atoms with Crippen molar-refractivity contribution in [3.8, 4) is 5.75 Å². The molecule has 0 aliphatic carbocycles. The van der Waals surface area contributed by atoms with E-state index in [0.29, 0.717) is 19.0 Å². The van der Waals surface area contributed by atoms with E-state index in [0.717, 1.165) is 24.4 Å². The van der Waals surface area contributed by atoms with Crippen LogP contribution < -0.4 is 15.4 Å². The molecule has 0 saturated carbocycles. The fourth-order valence-corrected chi connectivity index (χ4v) is 2.26. The van der Waals surface area contributed by atoms with Crippen molar-refractivity contribution in [3.63, 3.8) is 0 Å². The maximum atomic E-state index is 13.7. The molecule has 1 aromatic carbocycles. The van der Waals surface area contributed by atoms with Gasteiger partial charge in [0, 0.05) is 33.1 Å². The fraction of sp³-hybridized carbons (Fsp3) is 0.438. The van der Waals surface area contributed by atoms with Crippen molar-refractivity contribution in [2.24, 2.45) is 4.99 Å². The highest BCUT2D eigenvalue weighted by atomic mass is 19.1. The summed E-state index contributed by atoms with van der Waals surface area (Å²) in [5.74, 6) is 1.46. The van der Waals surface area contributed by atoms with Crippen LogP contribution in [0.4, 0.5) is 4.39 Å². The first-order chi connectivity index (χ1) is 11.7. The van der Waals surface area contributed by atoms with Crippen LogP contribution in [0.2, 0.25) is 0 Å². The molecule has 24 heavy (non-hydrogen) atoms. The van der Waals surface area contributed by atoms with Gasteiger partial charge in [-0.25, -0.2) is 4.39 Å². The molecule has 0 amide bonds. The van der Waals surface area contributed by atoms with Crippen LogP contribution in [0.15, 0.2) is 29.5 Å². The van der Waals surface area contributed by atoms with E-state index in [-0.39, 0.29) is 11.6 Å². The van der Waals surface area contributed by atoms with Gasteiger partial charge in [-0.1, -0.05) is 13.0 Å². The van der Waals surface area contributed by atoms with Crippen LogP contribution in [-0.4, -0.2) is 41.4 Å². The fourth-order valence-electron chi connectivity index (χ4n) is 2.26. The van der Waals surface area contributed by atoms with Crippen molar-refractivity contribution in [1.82, 2.24) is 25.4 Å². The Balaban J connectivity index is 1.81. The molecule has 130 valence electrons. The first-order valence-corrected chi connectivity index (χ1v) is 7.81. The Morgan fingerprint density at radius 3 is 2.88 bits per heavy atom. The van der Waals surface area contributed by atoms with Gasteiger partial charge in [-0.05, 0) is 17.7 Å². The summed E-state index contributed by atoms with van der Waals surface area (Å²) in [5.41, 5.74) is 0.809. The topological polar surface area (TPSA) is 76.4 Å². The summed E-state index contributed by atoms with van der Waals surface area (Å²) in [6, 6.07) is 4.87. The second-order valence-corrected chi connectivity index (χ2v) is 5.12. The predicted octanol–water partition coefficient (Wildman–Crippen LogP) is 1.35. The minimum absolute atomic E-state index is 0.238. The molecule has 1 heterocycles. The average Bonchev–Trinajstić information content (AvgIpc) is 3.05. The van der Waals surface area contributed by atoms with Crippen LogP contribution in [-0.2, 0) is 19.5 Å². The van der Waals surface area contributed by atoms with Gasteiger partial charge in [0.2, 0.25) is 0 Å². The Labute approximate surface area is 141 Å². The zero-order valence-corrected chi connectivity index (χ0v) is 14.2. The van der Waals surface area contributed by atoms with Crippen LogP contribution in [0, 0.1) is 5.82 Å². The second kappa shape index (κ2) is 8.85. The van der Waals surface area contributed by atoms with Gasteiger partial charge in [0.1, 0.15) is 12.2 Å². The number of hydrogen-bond acceptors (Lipinski definition) is 4. The van der Waals surface area contributed by atoms with Gasteiger partial charge in [0.25, 0.3) is 0 Å². The van der Waals surface area contributed by atoms with Gasteiger partial charge in [-0.3, -0.25) is 4.99 Å². The minimum atomic E-state index is -0.376. The molecule has 0 spiro atoms. The molecule has 0 aliphatic rings. The first kappa shape index (κ1) is 17.7. The van der Waals surface area contributed by atoms with Crippen LogP contribution in [0.1, 0.15) is 18.3 Å². The maximum Gasteiger partial charge on any atom is 0.191 e. The van der Waals surface area contributed by atoms with Crippen LogP contribution >= 0.6 is 0 Å². The lowest BCUT2D eigenvalue weighted by molar-refractivity contribution is 0.386. The molecule has 2 N–H and O–H groups in total. The van der Waals surface area contributed by atoms with Crippen molar-refractivity contribution >= 4 is 5.96 Å². The summed E-state index contributed by atoms with van der Waals surface area (Å²) in [6.45, 7) is 3.94. The van der Waals surface area contributed by atoms with Crippen molar-refractivity contribution in [1.29, 1.82) is 0 Å². The number of nitrogens with zero attached hydrogens (tertiary/aromatic N) is 4. The highest BCUT2D eigenvalue weighted by molar-refractivity contribution is 5.79. The van der Waals surface area contributed by atoms with E-state index in [9.17, 15) is 4.39 Å². The lowest BCUT2D eigenvalue weighted by atomic mass is 10.2. The summed E-state index contributed by atoms with van der Waals surface area (Å²) in [4.78, 5) is 4.16. The van der Waals surface area contributed by atoms with Gasteiger partial charge in [0.15, 0.2) is 17.5 Å². The van der Waals surface area contributed by atoms with Crippen LogP contribution in [0.25, 0.3) is 0 Å². The van der Waals surface area contributed by atoms with E-state index < -0.39 is 0 Å². The monoisotopic (exact) mass is 334 g/mol. The van der Waals surface area contributed by atoms with Gasteiger partial charge >= 0.3 is 0 Å². The van der Waals surface area contributed by atoms with Crippen molar-refractivity contribution in [2.75, 3.05) is 20.7 Å². The average molecular weight is 334 g/mol. The van der Waals surface area contributed by atoms with Gasteiger partial charge in [-0.2, -0.15) is 0 Å². The summed E-state index contributed by atoms with van der Waals surface area (Å²) in [6.07, 6.45) is 2.56. The third kappa shape index (κ3) is 4.68. The molecule has 0 fully saturated rings. The molecular formula is C16H23FN6O. The van der Waals surface area contributed by atoms with E-state index in [4.69, 9.17) is 4.74 Å². The summed E-state index contributed by atoms with van der Waals surface area (Å²) < 4.78 is 20.6. The summed E-state index contributed by atoms with van der Waals surface area (Å²) in [5, 5.41) is 14.3. The normalized spacial score (nSPS) is 11.4. The molecule has 0 atom stereocenters. The van der Waals surface area contributed by atoms with E-state index in [1.807, 2.05) is 17.6 Å². The zero-order chi connectivity index (χ0) is 17.4. The Hall–Kier alpha value is -2.64. The van der Waals surface area contributed by atoms with Gasteiger partial charge in [0.05, 0.1) is 7.11 Å². The molecule has 0 bridgehead atoms. The lowest BCUT2D eigenvalue weighted by Crippen LogP contribution is -2.38. The second-order valence-electron chi connectivity index (χ2n) is 5.12. The SMILES string of the molecule is CCc1nncn1CCNC(=NC)NCc1ccc(OC)c(F)c1. The highest BCUT2D eigenvalue weighted by Gasteiger charge is 2.05. The van der Waals surface area contributed by atoms with E-state index in [1.165, 1.54) is 13.2 Å². The third-order valence-electron chi connectivity index (χ3n) is 3.56. The minimum Gasteiger partial charge on any atom is -0.494 e. The number of ether oxygens (including phenoxy) is 1. The number of aryl methyl sites for hydroxylation is 1. The number of nitrogens with one attached hydrogen (secondary N) is 2. The number of methoxy groups -OCH3 is 1. The first-order valence-electron chi connectivity index (χ1n) is 7.81. The number of rotatable bonds is 7. The molecule has 0 saturated heterocycles. The standard InChI is InChI=1S/C16H23FN6O/c1-4-15-22-21-11-23(15)8-7-19-16(18-2)20-10-12-5-6-14(24-3)13(17)9-12/h5-6,9,11H,4,7-8,10H2,1-3H3,(H2,18,19,20). The van der Waals surface area contributed by atoms with Crippen molar-refractivity contribution in [2.45, 2.75) is 26.4 Å². The smallest absolute Gasteiger partial charge is 0.191 e. The van der Waals surface area contributed by atoms with E-state index in [2.05, 4.69) is 25.8 Å². The Kier molecular flexibility index (Phi) is 6.53. The molecule has 2 aromatic rings. The van der Waals surface area contributed by atoms with Crippen molar-refractivity contribution < 1.29 is 9.13 Å². The molecule has 0 unspecified atom stereocenters. The van der Waals surface area contributed by atoms with Crippen LogP contribution in [0.5, 0.6) is 5.75 Å². The molecule has 7 nitrogen and oxygen atoms in total. The molecular weight excluding hydrogens is 311 g/mol. The summed E-state index contributed by atoms with van der Waals surface area (Å²) >= 11 is 0. The maximum absolute atomic E-state index is 13.7. The zero-order valence-electron chi connectivity index (χ0n) is 14.2. The Bertz CT molecular complexity index is 685. The third-order valence-corrected chi connectivity index (χ3v) is 3.56. The number of halogens is 1. The number of aromatic nitrogens is 3.